The smallest absolute Gasteiger partial charge is 0.331 e. The normalized spacial score (nSPS) is 19.9. The number of nitrogens with one attached hydrogen (secondary N) is 1. The molecule has 1 aromatic heterocycles. The number of benzene rings is 2. The van der Waals surface area contributed by atoms with Gasteiger partial charge in [0.15, 0.2) is 23.2 Å². The first-order valence-electron chi connectivity index (χ1n) is 12.1. The highest BCUT2D eigenvalue weighted by molar-refractivity contribution is 5.98. The first-order valence-corrected chi connectivity index (χ1v) is 12.1. The monoisotopic (exact) mass is 522 g/mol. The summed E-state index contributed by atoms with van der Waals surface area (Å²) in [5.74, 6) is -1.85. The standard InChI is InChI=1S/C28H30N2O8/c1-34-22-12-13-29-25(26(22)31)27(32)30-21-16-35-17-23(36-14-19-8-4-2-5-9-19)24(18-38-28(21)33)37-15-20-10-6-3-7-11-20/h2-13,21,23-24,31H,14-18H2,1H3,(H,30,32)/t21?,23?,24-/m0/s1. The van der Waals surface area contributed by atoms with Gasteiger partial charge in [-0.3, -0.25) is 4.79 Å². The number of carbonyl (C=O) groups excluding carboxylic acids is 2. The Labute approximate surface area is 220 Å². The summed E-state index contributed by atoms with van der Waals surface area (Å²) in [4.78, 5) is 29.5. The van der Waals surface area contributed by atoms with Gasteiger partial charge in [0.2, 0.25) is 0 Å². The van der Waals surface area contributed by atoms with Gasteiger partial charge in [-0.2, -0.15) is 0 Å². The van der Waals surface area contributed by atoms with Gasteiger partial charge < -0.3 is 34.1 Å². The number of cyclic esters (lactones) is 1. The maximum Gasteiger partial charge on any atom is 0.331 e. The third-order valence-corrected chi connectivity index (χ3v) is 5.90. The number of aromatic hydroxyl groups is 1. The van der Waals surface area contributed by atoms with Gasteiger partial charge in [0.1, 0.15) is 18.8 Å². The first kappa shape index (κ1) is 27.1. The molecule has 10 heteroatoms. The van der Waals surface area contributed by atoms with E-state index in [2.05, 4.69) is 10.3 Å². The zero-order valence-electron chi connectivity index (χ0n) is 20.9. The summed E-state index contributed by atoms with van der Waals surface area (Å²) in [7, 11) is 1.35. The van der Waals surface area contributed by atoms with Crippen molar-refractivity contribution in [3.8, 4) is 11.5 Å². The van der Waals surface area contributed by atoms with Crippen LogP contribution in [0.1, 0.15) is 21.6 Å². The lowest BCUT2D eigenvalue weighted by atomic mass is 10.2. The molecular formula is C28H30N2O8. The van der Waals surface area contributed by atoms with Gasteiger partial charge in [-0.05, 0) is 11.1 Å². The van der Waals surface area contributed by atoms with Crippen molar-refractivity contribution in [2.24, 2.45) is 0 Å². The van der Waals surface area contributed by atoms with E-state index >= 15 is 0 Å². The van der Waals surface area contributed by atoms with Crippen LogP contribution in [0, 0.1) is 0 Å². The molecule has 1 fully saturated rings. The molecule has 3 aromatic rings. The van der Waals surface area contributed by atoms with Gasteiger partial charge >= 0.3 is 5.97 Å². The number of hydrogen-bond acceptors (Lipinski definition) is 9. The molecule has 0 saturated carbocycles. The predicted octanol–water partition coefficient (Wildman–Crippen LogP) is 2.64. The molecule has 1 aliphatic heterocycles. The van der Waals surface area contributed by atoms with Crippen molar-refractivity contribution in [2.75, 3.05) is 26.9 Å². The highest BCUT2D eigenvalue weighted by atomic mass is 16.6. The molecule has 2 unspecified atom stereocenters. The summed E-state index contributed by atoms with van der Waals surface area (Å²) in [6, 6.07) is 19.5. The molecule has 1 saturated heterocycles. The Morgan fingerprint density at radius 2 is 1.55 bits per heavy atom. The molecule has 10 nitrogen and oxygen atoms in total. The number of esters is 1. The minimum absolute atomic E-state index is 0.0789. The number of ether oxygens (including phenoxy) is 5. The lowest BCUT2D eigenvalue weighted by Gasteiger charge is -2.26. The third-order valence-electron chi connectivity index (χ3n) is 5.90. The van der Waals surface area contributed by atoms with Crippen LogP contribution in [0.4, 0.5) is 0 Å². The van der Waals surface area contributed by atoms with Crippen molar-refractivity contribution in [2.45, 2.75) is 31.5 Å². The molecule has 3 atom stereocenters. The molecule has 200 valence electrons. The van der Waals surface area contributed by atoms with Crippen LogP contribution < -0.4 is 10.1 Å². The van der Waals surface area contributed by atoms with E-state index in [0.29, 0.717) is 6.61 Å². The maximum absolute atomic E-state index is 12.9. The Kier molecular flexibility index (Phi) is 9.63. The minimum Gasteiger partial charge on any atom is -0.503 e. The molecular weight excluding hydrogens is 492 g/mol. The molecule has 2 aromatic carbocycles. The van der Waals surface area contributed by atoms with Gasteiger partial charge in [0.05, 0.1) is 33.5 Å². The van der Waals surface area contributed by atoms with Crippen LogP contribution in [0.3, 0.4) is 0 Å². The average Bonchev–Trinajstić information content (AvgIpc) is 3.01. The van der Waals surface area contributed by atoms with Crippen molar-refractivity contribution in [3.05, 3.63) is 89.7 Å². The summed E-state index contributed by atoms with van der Waals surface area (Å²) in [5, 5.41) is 12.8. The van der Waals surface area contributed by atoms with Crippen molar-refractivity contribution in [3.63, 3.8) is 0 Å². The molecule has 2 heterocycles. The van der Waals surface area contributed by atoms with Gasteiger partial charge in [-0.15, -0.1) is 0 Å². The highest BCUT2D eigenvalue weighted by Gasteiger charge is 2.32. The minimum atomic E-state index is -1.14. The van der Waals surface area contributed by atoms with Crippen molar-refractivity contribution >= 4 is 11.9 Å². The first-order chi connectivity index (χ1) is 18.5. The highest BCUT2D eigenvalue weighted by Crippen LogP contribution is 2.27. The van der Waals surface area contributed by atoms with Crippen LogP contribution in [0.2, 0.25) is 0 Å². The van der Waals surface area contributed by atoms with Crippen molar-refractivity contribution in [1.29, 1.82) is 0 Å². The largest absolute Gasteiger partial charge is 0.503 e. The van der Waals surface area contributed by atoms with E-state index in [1.165, 1.54) is 19.4 Å². The fraction of sp³-hybridized carbons (Fsp3) is 0.321. The van der Waals surface area contributed by atoms with Crippen LogP contribution in [0.15, 0.2) is 72.9 Å². The van der Waals surface area contributed by atoms with Crippen LogP contribution in [0.25, 0.3) is 0 Å². The fourth-order valence-corrected chi connectivity index (χ4v) is 3.81. The van der Waals surface area contributed by atoms with E-state index in [-0.39, 0.29) is 37.9 Å². The molecule has 38 heavy (non-hydrogen) atoms. The van der Waals surface area contributed by atoms with Crippen LogP contribution in [-0.2, 0) is 37.0 Å². The zero-order valence-corrected chi connectivity index (χ0v) is 20.9. The lowest BCUT2D eigenvalue weighted by Crippen LogP contribution is -2.45. The molecule has 1 aliphatic rings. The Hall–Kier alpha value is -3.99. The molecule has 4 rings (SSSR count). The van der Waals surface area contributed by atoms with Gasteiger partial charge in [-0.25, -0.2) is 9.78 Å². The number of aromatic nitrogens is 1. The van der Waals surface area contributed by atoms with Crippen molar-refractivity contribution < 1.29 is 38.4 Å². The number of amides is 1. The van der Waals surface area contributed by atoms with E-state index in [0.717, 1.165) is 11.1 Å². The second-order valence-electron chi connectivity index (χ2n) is 8.57. The van der Waals surface area contributed by atoms with Gasteiger partial charge in [-0.1, -0.05) is 60.7 Å². The van der Waals surface area contributed by atoms with Gasteiger partial charge in [0.25, 0.3) is 5.91 Å². The predicted molar refractivity (Wildman–Crippen MR) is 136 cm³/mol. The number of hydrogen-bond donors (Lipinski definition) is 2. The molecule has 0 spiro atoms. The van der Waals surface area contributed by atoms with E-state index in [4.69, 9.17) is 23.7 Å². The fourth-order valence-electron chi connectivity index (χ4n) is 3.81. The summed E-state index contributed by atoms with van der Waals surface area (Å²) in [6.07, 6.45) is 0.140. The van der Waals surface area contributed by atoms with Crippen molar-refractivity contribution in [1.82, 2.24) is 10.3 Å². The second-order valence-corrected chi connectivity index (χ2v) is 8.57. The van der Waals surface area contributed by atoms with Gasteiger partial charge in [0, 0.05) is 12.3 Å². The number of rotatable bonds is 9. The van der Waals surface area contributed by atoms with Crippen LogP contribution in [0.5, 0.6) is 11.5 Å². The second kappa shape index (κ2) is 13.5. The zero-order chi connectivity index (χ0) is 26.7. The number of carbonyl (C=O) groups is 2. The topological polar surface area (TPSA) is 125 Å². The summed E-state index contributed by atoms with van der Waals surface area (Å²) in [6.45, 7) is 0.414. The van der Waals surface area contributed by atoms with Crippen LogP contribution >= 0.6 is 0 Å². The summed E-state index contributed by atoms with van der Waals surface area (Å²) in [5.41, 5.74) is 1.64. The number of nitrogens with zero attached hydrogens (tertiary/aromatic N) is 1. The van der Waals surface area contributed by atoms with E-state index in [1.807, 2.05) is 60.7 Å². The van der Waals surface area contributed by atoms with E-state index in [1.54, 1.807) is 0 Å². The Morgan fingerprint density at radius 1 is 0.947 bits per heavy atom. The van der Waals surface area contributed by atoms with Crippen LogP contribution in [-0.4, -0.2) is 67.1 Å². The molecule has 0 bridgehead atoms. The molecule has 0 radical (unpaired) electrons. The average molecular weight is 523 g/mol. The number of pyridine rings is 1. The maximum atomic E-state index is 12.9. The Balaban J connectivity index is 1.45. The molecule has 0 aliphatic carbocycles. The van der Waals surface area contributed by atoms with E-state index in [9.17, 15) is 14.7 Å². The Bertz CT molecular complexity index is 1190. The Morgan fingerprint density at radius 3 is 2.16 bits per heavy atom. The number of methoxy groups -OCH3 is 1. The lowest BCUT2D eigenvalue weighted by molar-refractivity contribution is -0.156. The molecule has 1 amide bonds. The summed E-state index contributed by atoms with van der Waals surface area (Å²) < 4.78 is 28.6. The van der Waals surface area contributed by atoms with E-state index < -0.39 is 35.9 Å². The SMILES string of the molecule is COc1ccnc(C(=O)NC2COCC(OCc3ccccc3)[C@@H](OCc3ccccc3)COC2=O)c1O. The summed E-state index contributed by atoms with van der Waals surface area (Å²) >= 11 is 0. The third kappa shape index (κ3) is 7.28. The molecule has 2 N–H and O–H groups in total. The quantitative estimate of drug-likeness (QED) is 0.408.